The smallest absolute Gasteiger partial charge is 0.243 e. The maximum atomic E-state index is 12.5. The summed E-state index contributed by atoms with van der Waals surface area (Å²) in [6, 6.07) is 0. The number of nitrogens with one attached hydrogen (secondary N) is 1. The number of carbonyl (C=O) groups excluding carboxylic acids is 1. The zero-order valence-electron chi connectivity index (χ0n) is 11.6. The Kier molecular flexibility index (Phi) is 2.90. The molecule has 102 valence electrons. The topological polar surface area (TPSA) is 41.6 Å². The molecule has 0 aromatic carbocycles. The van der Waals surface area contributed by atoms with Crippen LogP contribution in [0.3, 0.4) is 0 Å². The van der Waals surface area contributed by atoms with Crippen molar-refractivity contribution < 1.29 is 9.53 Å². The van der Waals surface area contributed by atoms with Gasteiger partial charge in [-0.2, -0.15) is 0 Å². The van der Waals surface area contributed by atoms with E-state index in [0.717, 1.165) is 19.4 Å². The summed E-state index contributed by atoms with van der Waals surface area (Å²) in [5.41, 5.74) is -0.363. The van der Waals surface area contributed by atoms with Gasteiger partial charge in [-0.25, -0.2) is 0 Å². The Labute approximate surface area is 109 Å². The average molecular weight is 252 g/mol. The quantitative estimate of drug-likeness (QED) is 0.827. The standard InChI is InChI=1S/C14H24N2O2/c1-4-14(3)13(17)16(9(2)15-14)8-10-7-11-5-6-12(10)18-11/h9-12,15H,4-8H2,1-3H3. The van der Waals surface area contributed by atoms with Crippen LogP contribution in [0.1, 0.15) is 46.5 Å². The predicted octanol–water partition coefficient (Wildman–Crippen LogP) is 1.50. The molecule has 3 heterocycles. The monoisotopic (exact) mass is 252 g/mol. The minimum Gasteiger partial charge on any atom is -0.375 e. The number of hydrogen-bond donors (Lipinski definition) is 1. The molecule has 1 N–H and O–H groups in total. The molecule has 0 aromatic heterocycles. The second-order valence-electron chi connectivity index (χ2n) is 6.33. The summed E-state index contributed by atoms with van der Waals surface area (Å²) in [7, 11) is 0. The molecule has 4 nitrogen and oxygen atoms in total. The summed E-state index contributed by atoms with van der Waals surface area (Å²) < 4.78 is 5.89. The molecule has 3 rings (SSSR count). The number of amides is 1. The van der Waals surface area contributed by atoms with Crippen molar-refractivity contribution in [3.63, 3.8) is 0 Å². The van der Waals surface area contributed by atoms with E-state index in [-0.39, 0.29) is 17.6 Å². The van der Waals surface area contributed by atoms with Crippen molar-refractivity contribution >= 4 is 5.91 Å². The highest BCUT2D eigenvalue weighted by molar-refractivity contribution is 5.88. The minimum absolute atomic E-state index is 0.154. The Balaban J connectivity index is 1.68. The Hall–Kier alpha value is -0.610. The largest absolute Gasteiger partial charge is 0.375 e. The van der Waals surface area contributed by atoms with Gasteiger partial charge < -0.3 is 9.64 Å². The number of fused-ring (bicyclic) bond motifs is 2. The van der Waals surface area contributed by atoms with Crippen molar-refractivity contribution in [3.8, 4) is 0 Å². The number of carbonyl (C=O) groups is 1. The highest BCUT2D eigenvalue weighted by Gasteiger charge is 2.48. The first-order valence-electron chi connectivity index (χ1n) is 7.27. The summed E-state index contributed by atoms with van der Waals surface area (Å²) in [6.45, 7) is 7.04. The Morgan fingerprint density at radius 3 is 2.78 bits per heavy atom. The first-order valence-corrected chi connectivity index (χ1v) is 7.27. The van der Waals surface area contributed by atoms with Crippen LogP contribution in [0.2, 0.25) is 0 Å². The number of rotatable bonds is 3. The minimum atomic E-state index is -0.363. The van der Waals surface area contributed by atoms with Crippen LogP contribution in [0, 0.1) is 5.92 Å². The van der Waals surface area contributed by atoms with Gasteiger partial charge in [-0.3, -0.25) is 10.1 Å². The highest BCUT2D eigenvalue weighted by Crippen LogP contribution is 2.40. The van der Waals surface area contributed by atoms with Crippen LogP contribution in [-0.2, 0) is 9.53 Å². The molecule has 0 saturated carbocycles. The van der Waals surface area contributed by atoms with Gasteiger partial charge in [0.2, 0.25) is 5.91 Å². The normalized spacial score (nSPS) is 47.3. The van der Waals surface area contributed by atoms with Crippen LogP contribution >= 0.6 is 0 Å². The molecule has 0 spiro atoms. The zero-order valence-corrected chi connectivity index (χ0v) is 11.6. The van der Waals surface area contributed by atoms with Gasteiger partial charge in [0.25, 0.3) is 0 Å². The molecule has 3 aliphatic heterocycles. The van der Waals surface area contributed by atoms with Crippen molar-refractivity contribution in [1.82, 2.24) is 10.2 Å². The molecule has 2 bridgehead atoms. The fraction of sp³-hybridized carbons (Fsp3) is 0.929. The van der Waals surface area contributed by atoms with E-state index >= 15 is 0 Å². The highest BCUT2D eigenvalue weighted by atomic mass is 16.5. The second kappa shape index (κ2) is 4.20. The van der Waals surface area contributed by atoms with E-state index in [2.05, 4.69) is 19.2 Å². The molecule has 0 aliphatic carbocycles. The zero-order chi connectivity index (χ0) is 12.9. The van der Waals surface area contributed by atoms with E-state index in [4.69, 9.17) is 4.74 Å². The summed E-state index contributed by atoms with van der Waals surface area (Å²) in [6.07, 6.45) is 5.42. The first kappa shape index (κ1) is 12.4. The number of ether oxygens (including phenoxy) is 1. The Bertz CT molecular complexity index is 360. The lowest BCUT2D eigenvalue weighted by molar-refractivity contribution is -0.133. The lowest BCUT2D eigenvalue weighted by Crippen LogP contribution is -2.44. The number of nitrogens with zero attached hydrogens (tertiary/aromatic N) is 1. The average Bonchev–Trinajstić information content (AvgIpc) is 3.00. The van der Waals surface area contributed by atoms with Crippen molar-refractivity contribution in [2.24, 2.45) is 5.92 Å². The van der Waals surface area contributed by atoms with Crippen molar-refractivity contribution in [2.45, 2.75) is 70.4 Å². The molecular weight excluding hydrogens is 228 g/mol. The van der Waals surface area contributed by atoms with Crippen LogP contribution in [0.5, 0.6) is 0 Å². The molecule has 3 aliphatic rings. The summed E-state index contributed by atoms with van der Waals surface area (Å²) in [5, 5.41) is 3.43. The summed E-state index contributed by atoms with van der Waals surface area (Å²) >= 11 is 0. The first-order chi connectivity index (χ1) is 8.53. The van der Waals surface area contributed by atoms with Crippen LogP contribution in [-0.4, -0.2) is 41.3 Å². The molecule has 0 radical (unpaired) electrons. The van der Waals surface area contributed by atoms with Gasteiger partial charge in [-0.15, -0.1) is 0 Å². The van der Waals surface area contributed by atoms with Gasteiger partial charge in [0.1, 0.15) is 0 Å². The fourth-order valence-corrected chi connectivity index (χ4v) is 3.78. The van der Waals surface area contributed by atoms with Gasteiger partial charge in [0.15, 0.2) is 0 Å². The van der Waals surface area contributed by atoms with Gasteiger partial charge in [-0.1, -0.05) is 6.92 Å². The maximum Gasteiger partial charge on any atom is 0.243 e. The lowest BCUT2D eigenvalue weighted by atomic mass is 9.88. The molecule has 3 fully saturated rings. The number of hydrogen-bond acceptors (Lipinski definition) is 3. The third-order valence-corrected chi connectivity index (χ3v) is 5.10. The van der Waals surface area contributed by atoms with Crippen molar-refractivity contribution in [2.75, 3.05) is 6.54 Å². The van der Waals surface area contributed by atoms with Crippen LogP contribution in [0.25, 0.3) is 0 Å². The van der Waals surface area contributed by atoms with E-state index in [1.807, 2.05) is 11.8 Å². The maximum absolute atomic E-state index is 12.5. The lowest BCUT2D eigenvalue weighted by Gasteiger charge is -2.28. The SMILES string of the molecule is CCC1(C)NC(C)N(CC2CC3CCC2O3)C1=O. The van der Waals surface area contributed by atoms with Gasteiger partial charge in [0, 0.05) is 12.5 Å². The second-order valence-corrected chi connectivity index (χ2v) is 6.33. The molecule has 5 unspecified atom stereocenters. The van der Waals surface area contributed by atoms with E-state index in [1.54, 1.807) is 0 Å². The van der Waals surface area contributed by atoms with Gasteiger partial charge in [-0.05, 0) is 39.5 Å². The molecule has 18 heavy (non-hydrogen) atoms. The molecular formula is C14H24N2O2. The van der Waals surface area contributed by atoms with Crippen molar-refractivity contribution in [3.05, 3.63) is 0 Å². The Morgan fingerprint density at radius 1 is 1.50 bits per heavy atom. The fourth-order valence-electron chi connectivity index (χ4n) is 3.78. The summed E-state index contributed by atoms with van der Waals surface area (Å²) in [4.78, 5) is 14.5. The predicted molar refractivity (Wildman–Crippen MR) is 69.0 cm³/mol. The third kappa shape index (κ3) is 1.77. The van der Waals surface area contributed by atoms with E-state index < -0.39 is 0 Å². The van der Waals surface area contributed by atoms with E-state index in [0.29, 0.717) is 18.1 Å². The molecule has 0 aromatic rings. The van der Waals surface area contributed by atoms with Crippen LogP contribution in [0.4, 0.5) is 0 Å². The van der Waals surface area contributed by atoms with Crippen LogP contribution < -0.4 is 5.32 Å². The third-order valence-electron chi connectivity index (χ3n) is 5.10. The van der Waals surface area contributed by atoms with Gasteiger partial charge >= 0.3 is 0 Å². The molecule has 1 amide bonds. The molecule has 4 heteroatoms. The summed E-state index contributed by atoms with van der Waals surface area (Å²) in [5.74, 6) is 0.816. The van der Waals surface area contributed by atoms with E-state index in [9.17, 15) is 4.79 Å². The molecule has 3 saturated heterocycles. The van der Waals surface area contributed by atoms with Crippen molar-refractivity contribution in [1.29, 1.82) is 0 Å². The Morgan fingerprint density at radius 2 is 2.28 bits per heavy atom. The van der Waals surface area contributed by atoms with E-state index in [1.165, 1.54) is 12.8 Å². The van der Waals surface area contributed by atoms with Gasteiger partial charge in [0.05, 0.1) is 23.9 Å². The van der Waals surface area contributed by atoms with Crippen LogP contribution in [0.15, 0.2) is 0 Å². The molecule has 5 atom stereocenters.